The molecule has 12 heavy (non-hydrogen) atoms. The molecule has 1 nitrogen and oxygen atoms in total. The summed E-state index contributed by atoms with van der Waals surface area (Å²) in [4.78, 5) is 0. The summed E-state index contributed by atoms with van der Waals surface area (Å²) in [5, 5.41) is 3.47. The molecule has 0 spiro atoms. The van der Waals surface area contributed by atoms with Gasteiger partial charge in [0.15, 0.2) is 0 Å². The first-order valence-corrected chi connectivity index (χ1v) is 6.42. The zero-order valence-corrected chi connectivity index (χ0v) is 9.17. The molecule has 1 fully saturated rings. The van der Waals surface area contributed by atoms with Crippen molar-refractivity contribution >= 4 is 11.8 Å². The maximum atomic E-state index is 3.47. The molecule has 0 aromatic heterocycles. The minimum absolute atomic E-state index is 0.728. The Morgan fingerprint density at radius 1 is 1.42 bits per heavy atom. The summed E-state index contributed by atoms with van der Waals surface area (Å²) < 4.78 is 0. The average molecular weight is 187 g/mol. The van der Waals surface area contributed by atoms with Crippen molar-refractivity contribution in [3.8, 4) is 0 Å². The highest BCUT2D eigenvalue weighted by Crippen LogP contribution is 2.49. The van der Waals surface area contributed by atoms with Gasteiger partial charge in [-0.05, 0) is 49.7 Å². The van der Waals surface area contributed by atoms with Crippen LogP contribution in [0.4, 0.5) is 0 Å². The molecule has 0 aromatic rings. The van der Waals surface area contributed by atoms with Crippen molar-refractivity contribution in [1.82, 2.24) is 5.32 Å². The molecule has 0 saturated heterocycles. The van der Waals surface area contributed by atoms with E-state index in [4.69, 9.17) is 0 Å². The lowest BCUT2D eigenvalue weighted by molar-refractivity contribution is 0.428. The Balaban J connectivity index is 2.04. The molecule has 1 saturated carbocycles. The van der Waals surface area contributed by atoms with Crippen LogP contribution in [-0.2, 0) is 0 Å². The molecule has 0 bridgehead atoms. The Hall–Kier alpha value is 0.310. The highest BCUT2D eigenvalue weighted by Gasteiger charge is 2.40. The van der Waals surface area contributed by atoms with Crippen molar-refractivity contribution in [3.63, 3.8) is 0 Å². The molecule has 1 aliphatic carbocycles. The van der Waals surface area contributed by atoms with Crippen molar-refractivity contribution in [1.29, 1.82) is 0 Å². The predicted octanol–water partition coefficient (Wildman–Crippen LogP) is 2.52. The van der Waals surface area contributed by atoms with Crippen LogP contribution in [0, 0.1) is 5.41 Å². The van der Waals surface area contributed by atoms with Crippen LogP contribution >= 0.6 is 11.8 Å². The molecule has 1 aliphatic rings. The van der Waals surface area contributed by atoms with Crippen LogP contribution in [-0.4, -0.2) is 25.1 Å². The van der Waals surface area contributed by atoms with Gasteiger partial charge in [-0.3, -0.25) is 0 Å². The molecule has 2 heteroatoms. The summed E-state index contributed by atoms with van der Waals surface area (Å²) in [6, 6.07) is 0. The maximum absolute atomic E-state index is 3.47. The standard InChI is InChI=1S/C10H21NS/c1-3-11-9-10(6-7-10)5-4-8-12-2/h11H,3-9H2,1-2H3. The second-order valence-electron chi connectivity index (χ2n) is 3.88. The SMILES string of the molecule is CCNCC1(CCCSC)CC1. The first kappa shape index (κ1) is 10.4. The lowest BCUT2D eigenvalue weighted by atomic mass is 10.0. The third kappa shape index (κ3) is 3.36. The van der Waals surface area contributed by atoms with E-state index in [1.165, 1.54) is 38.0 Å². The zero-order chi connectivity index (χ0) is 8.86. The molecule has 0 atom stereocenters. The van der Waals surface area contributed by atoms with E-state index in [-0.39, 0.29) is 0 Å². The van der Waals surface area contributed by atoms with Crippen molar-refractivity contribution in [2.45, 2.75) is 32.6 Å². The highest BCUT2D eigenvalue weighted by molar-refractivity contribution is 7.98. The summed E-state index contributed by atoms with van der Waals surface area (Å²) in [5.74, 6) is 1.34. The Kier molecular flexibility index (Phi) is 4.44. The highest BCUT2D eigenvalue weighted by atomic mass is 32.2. The third-order valence-electron chi connectivity index (χ3n) is 2.76. The van der Waals surface area contributed by atoms with Crippen LogP contribution in [0.3, 0.4) is 0 Å². The van der Waals surface area contributed by atoms with E-state index in [2.05, 4.69) is 18.5 Å². The second kappa shape index (κ2) is 5.13. The van der Waals surface area contributed by atoms with Gasteiger partial charge in [0.2, 0.25) is 0 Å². The summed E-state index contributed by atoms with van der Waals surface area (Å²) in [7, 11) is 0. The Bertz CT molecular complexity index is 121. The van der Waals surface area contributed by atoms with Gasteiger partial charge >= 0.3 is 0 Å². The molecule has 0 aliphatic heterocycles. The summed E-state index contributed by atoms with van der Waals surface area (Å²) >= 11 is 1.97. The lowest BCUT2D eigenvalue weighted by Crippen LogP contribution is -2.23. The second-order valence-corrected chi connectivity index (χ2v) is 4.86. The monoisotopic (exact) mass is 187 g/mol. The van der Waals surface area contributed by atoms with E-state index >= 15 is 0 Å². The molecule has 0 radical (unpaired) electrons. The molecule has 1 N–H and O–H groups in total. The van der Waals surface area contributed by atoms with Gasteiger partial charge in [-0.2, -0.15) is 11.8 Å². The van der Waals surface area contributed by atoms with E-state index in [0.29, 0.717) is 0 Å². The average Bonchev–Trinajstić information content (AvgIpc) is 2.83. The Labute approximate surface area is 80.7 Å². The Morgan fingerprint density at radius 3 is 2.67 bits per heavy atom. The van der Waals surface area contributed by atoms with Crippen LogP contribution in [0.15, 0.2) is 0 Å². The number of thioether (sulfide) groups is 1. The molecule has 72 valence electrons. The van der Waals surface area contributed by atoms with Crippen LogP contribution in [0.5, 0.6) is 0 Å². The van der Waals surface area contributed by atoms with Crippen LogP contribution < -0.4 is 5.32 Å². The minimum Gasteiger partial charge on any atom is -0.316 e. The normalized spacial score (nSPS) is 19.5. The zero-order valence-electron chi connectivity index (χ0n) is 8.36. The van der Waals surface area contributed by atoms with Gasteiger partial charge < -0.3 is 5.32 Å². The van der Waals surface area contributed by atoms with Crippen LogP contribution in [0.2, 0.25) is 0 Å². The van der Waals surface area contributed by atoms with Gasteiger partial charge in [0, 0.05) is 6.54 Å². The van der Waals surface area contributed by atoms with Gasteiger partial charge in [0.25, 0.3) is 0 Å². The predicted molar refractivity (Wildman–Crippen MR) is 57.8 cm³/mol. The number of nitrogens with one attached hydrogen (secondary N) is 1. The van der Waals surface area contributed by atoms with Gasteiger partial charge in [0.1, 0.15) is 0 Å². The van der Waals surface area contributed by atoms with Gasteiger partial charge in [-0.15, -0.1) is 0 Å². The first-order valence-electron chi connectivity index (χ1n) is 5.03. The fourth-order valence-electron chi connectivity index (χ4n) is 1.67. The Morgan fingerprint density at radius 2 is 2.17 bits per heavy atom. The molecular formula is C10H21NS. The van der Waals surface area contributed by atoms with E-state index in [1.54, 1.807) is 0 Å². The summed E-state index contributed by atoms with van der Waals surface area (Å²) in [6.07, 6.45) is 7.99. The van der Waals surface area contributed by atoms with Gasteiger partial charge in [-0.1, -0.05) is 6.92 Å². The molecule has 0 aromatic carbocycles. The topological polar surface area (TPSA) is 12.0 Å². The van der Waals surface area contributed by atoms with Crippen molar-refractivity contribution in [3.05, 3.63) is 0 Å². The summed E-state index contributed by atoms with van der Waals surface area (Å²) in [6.45, 7) is 4.58. The quantitative estimate of drug-likeness (QED) is 0.615. The number of hydrogen-bond acceptors (Lipinski definition) is 2. The summed E-state index contributed by atoms with van der Waals surface area (Å²) in [5.41, 5.74) is 0.728. The van der Waals surface area contributed by atoms with Gasteiger partial charge in [0.05, 0.1) is 0 Å². The van der Waals surface area contributed by atoms with Gasteiger partial charge in [-0.25, -0.2) is 0 Å². The number of hydrogen-bond donors (Lipinski definition) is 1. The number of rotatable bonds is 7. The maximum Gasteiger partial charge on any atom is 0.000770 e. The van der Waals surface area contributed by atoms with Crippen LogP contribution in [0.25, 0.3) is 0 Å². The van der Waals surface area contributed by atoms with E-state index in [9.17, 15) is 0 Å². The van der Waals surface area contributed by atoms with Crippen molar-refractivity contribution in [2.75, 3.05) is 25.1 Å². The van der Waals surface area contributed by atoms with E-state index in [0.717, 1.165) is 12.0 Å². The molecule has 0 unspecified atom stereocenters. The van der Waals surface area contributed by atoms with Crippen molar-refractivity contribution < 1.29 is 0 Å². The smallest absolute Gasteiger partial charge is 0.000770 e. The fourth-order valence-corrected chi connectivity index (χ4v) is 2.11. The van der Waals surface area contributed by atoms with Crippen LogP contribution in [0.1, 0.15) is 32.6 Å². The molecule has 0 heterocycles. The molecule has 0 amide bonds. The minimum atomic E-state index is 0.728. The molecular weight excluding hydrogens is 166 g/mol. The van der Waals surface area contributed by atoms with Crippen molar-refractivity contribution in [2.24, 2.45) is 5.41 Å². The van der Waals surface area contributed by atoms with E-state index in [1.807, 2.05) is 11.8 Å². The largest absolute Gasteiger partial charge is 0.316 e. The third-order valence-corrected chi connectivity index (χ3v) is 3.46. The lowest BCUT2D eigenvalue weighted by Gasteiger charge is -2.14. The van der Waals surface area contributed by atoms with E-state index < -0.39 is 0 Å². The first-order chi connectivity index (χ1) is 5.83. The molecule has 1 rings (SSSR count). The fraction of sp³-hybridized carbons (Fsp3) is 1.00.